The first-order valence-electron chi connectivity index (χ1n) is 10.2. The molecule has 3 aromatic carbocycles. The number of aliphatic hydroxyl groups excluding tert-OH is 1. The summed E-state index contributed by atoms with van der Waals surface area (Å²) >= 11 is 0. The second-order valence-electron chi connectivity index (χ2n) is 6.90. The molecule has 0 heterocycles. The number of hydrazone groups is 1. The second-order valence-corrected chi connectivity index (χ2v) is 6.90. The summed E-state index contributed by atoms with van der Waals surface area (Å²) in [5.74, 6) is 0.334. The molecule has 0 aliphatic rings. The molecule has 33 heavy (non-hydrogen) atoms. The van der Waals surface area contributed by atoms with Crippen LogP contribution in [0.4, 0.5) is 5.69 Å². The molecule has 3 rings (SSSR count). The zero-order valence-electron chi connectivity index (χ0n) is 17.9. The molecule has 2 N–H and O–H groups in total. The van der Waals surface area contributed by atoms with Crippen LogP contribution in [0.2, 0.25) is 0 Å². The molecule has 3 aromatic rings. The van der Waals surface area contributed by atoms with Gasteiger partial charge in [0.1, 0.15) is 6.61 Å². The first kappa shape index (κ1) is 23.4. The number of nitrogens with one attached hydrogen (secondary N) is 1. The Hall–Kier alpha value is -4.24. The Kier molecular flexibility index (Phi) is 8.09. The van der Waals surface area contributed by atoms with E-state index >= 15 is 0 Å². The van der Waals surface area contributed by atoms with E-state index in [0.29, 0.717) is 29.2 Å². The number of aliphatic hydroxyl groups is 1. The fraction of sp³-hybridized carbons (Fsp3) is 0.167. The Bertz CT molecular complexity index is 1120. The van der Waals surface area contributed by atoms with Crippen LogP contribution in [0.15, 0.2) is 77.9 Å². The van der Waals surface area contributed by atoms with Crippen molar-refractivity contribution in [1.29, 1.82) is 0 Å². The molecule has 0 radical (unpaired) electrons. The number of benzene rings is 3. The Labute approximate surface area is 190 Å². The van der Waals surface area contributed by atoms with Crippen molar-refractivity contribution in [2.75, 3.05) is 6.61 Å². The van der Waals surface area contributed by atoms with E-state index in [2.05, 4.69) is 10.5 Å². The van der Waals surface area contributed by atoms with Crippen molar-refractivity contribution in [1.82, 2.24) is 5.43 Å². The summed E-state index contributed by atoms with van der Waals surface area (Å²) in [5.41, 5.74) is 4.22. The fourth-order valence-electron chi connectivity index (χ4n) is 2.89. The summed E-state index contributed by atoms with van der Waals surface area (Å²) in [5, 5.41) is 24.7. The number of hydrogen-bond donors (Lipinski definition) is 2. The van der Waals surface area contributed by atoms with Gasteiger partial charge in [0.05, 0.1) is 17.7 Å². The highest BCUT2D eigenvalue weighted by Gasteiger charge is 2.16. The monoisotopic (exact) mass is 449 g/mol. The third-order valence-electron chi connectivity index (χ3n) is 4.56. The number of carbonyl (C=O) groups is 1. The minimum atomic E-state index is -1.32. The van der Waals surface area contributed by atoms with Gasteiger partial charge in [0.25, 0.3) is 11.6 Å². The summed E-state index contributed by atoms with van der Waals surface area (Å²) in [6.07, 6.45) is 0.107. The molecule has 9 nitrogen and oxygen atoms in total. The van der Waals surface area contributed by atoms with E-state index < -0.39 is 16.9 Å². The van der Waals surface area contributed by atoms with E-state index in [1.54, 1.807) is 60.7 Å². The van der Waals surface area contributed by atoms with E-state index in [0.717, 1.165) is 5.56 Å². The average Bonchev–Trinajstić information content (AvgIpc) is 2.84. The molecule has 0 saturated heterocycles. The lowest BCUT2D eigenvalue weighted by atomic mass is 10.1. The van der Waals surface area contributed by atoms with E-state index in [1.807, 2.05) is 6.92 Å². The zero-order chi connectivity index (χ0) is 23.6. The summed E-state index contributed by atoms with van der Waals surface area (Å²) in [6, 6.07) is 19.8. The lowest BCUT2D eigenvalue weighted by Gasteiger charge is -2.13. The van der Waals surface area contributed by atoms with Crippen LogP contribution in [-0.4, -0.2) is 28.8 Å². The SMILES string of the molecule is CCOc1cc(/C=N\NC(=O)[C@H](O)c2ccccc2)ccc1OCc1ccc([N+](=O)[O-])cc1. The van der Waals surface area contributed by atoms with Gasteiger partial charge in [-0.05, 0) is 53.9 Å². The molecule has 0 bridgehead atoms. The van der Waals surface area contributed by atoms with E-state index in [-0.39, 0.29) is 12.3 Å². The Morgan fingerprint density at radius 3 is 2.48 bits per heavy atom. The number of amides is 1. The van der Waals surface area contributed by atoms with Crippen molar-refractivity contribution >= 4 is 17.8 Å². The van der Waals surface area contributed by atoms with Crippen molar-refractivity contribution in [3.63, 3.8) is 0 Å². The zero-order valence-corrected chi connectivity index (χ0v) is 17.9. The molecule has 0 aromatic heterocycles. The molecule has 0 spiro atoms. The van der Waals surface area contributed by atoms with Crippen molar-refractivity contribution in [3.05, 3.63) is 99.6 Å². The highest BCUT2D eigenvalue weighted by molar-refractivity contribution is 5.85. The number of ether oxygens (including phenoxy) is 2. The summed E-state index contributed by atoms with van der Waals surface area (Å²) in [4.78, 5) is 22.4. The predicted octanol–water partition coefficient (Wildman–Crippen LogP) is 3.76. The first-order chi connectivity index (χ1) is 16.0. The molecule has 1 amide bonds. The van der Waals surface area contributed by atoms with Gasteiger partial charge >= 0.3 is 0 Å². The average molecular weight is 449 g/mol. The molecule has 0 fully saturated rings. The number of nitro benzene ring substituents is 1. The van der Waals surface area contributed by atoms with Crippen molar-refractivity contribution in [2.45, 2.75) is 19.6 Å². The number of nitro groups is 1. The molecular formula is C24H23N3O6. The van der Waals surface area contributed by atoms with Crippen LogP contribution in [0, 0.1) is 10.1 Å². The minimum Gasteiger partial charge on any atom is -0.490 e. The molecule has 9 heteroatoms. The van der Waals surface area contributed by atoms with Gasteiger partial charge in [-0.3, -0.25) is 14.9 Å². The first-order valence-corrected chi connectivity index (χ1v) is 10.2. The van der Waals surface area contributed by atoms with Gasteiger partial charge in [0.15, 0.2) is 17.6 Å². The minimum absolute atomic E-state index is 0.0146. The third kappa shape index (κ3) is 6.62. The van der Waals surface area contributed by atoms with Gasteiger partial charge in [-0.2, -0.15) is 5.10 Å². The van der Waals surface area contributed by atoms with Crippen LogP contribution in [0.1, 0.15) is 29.7 Å². The van der Waals surface area contributed by atoms with Gasteiger partial charge in [-0.15, -0.1) is 0 Å². The molecule has 0 saturated carbocycles. The Balaban J connectivity index is 1.62. The number of nitrogens with zero attached hydrogens (tertiary/aromatic N) is 2. The Morgan fingerprint density at radius 2 is 1.82 bits per heavy atom. The maximum absolute atomic E-state index is 12.1. The predicted molar refractivity (Wildman–Crippen MR) is 122 cm³/mol. The van der Waals surface area contributed by atoms with Crippen LogP contribution in [0.5, 0.6) is 11.5 Å². The molecule has 1 atom stereocenters. The molecular weight excluding hydrogens is 426 g/mol. The number of hydrogen-bond acceptors (Lipinski definition) is 7. The fourth-order valence-corrected chi connectivity index (χ4v) is 2.89. The number of carbonyl (C=O) groups excluding carboxylic acids is 1. The van der Waals surface area contributed by atoms with Gasteiger partial charge in [0.2, 0.25) is 0 Å². The van der Waals surface area contributed by atoms with Crippen molar-refractivity contribution in [2.24, 2.45) is 5.10 Å². The molecule has 0 aliphatic heterocycles. The topological polar surface area (TPSA) is 123 Å². The standard InChI is InChI=1S/C24H23N3O6/c1-2-32-22-14-18(15-25-26-24(29)23(28)19-6-4-3-5-7-19)10-13-21(22)33-16-17-8-11-20(12-9-17)27(30)31/h3-15,23,28H,2,16H2,1H3,(H,26,29)/b25-15-/t23-/m1/s1. The summed E-state index contributed by atoms with van der Waals surface area (Å²) in [6.45, 7) is 2.46. The van der Waals surface area contributed by atoms with Crippen LogP contribution < -0.4 is 14.9 Å². The summed E-state index contributed by atoms with van der Waals surface area (Å²) < 4.78 is 11.4. The lowest BCUT2D eigenvalue weighted by molar-refractivity contribution is -0.384. The molecule has 0 aliphatic carbocycles. The Morgan fingerprint density at radius 1 is 1.09 bits per heavy atom. The van der Waals surface area contributed by atoms with E-state index in [9.17, 15) is 20.0 Å². The van der Waals surface area contributed by atoms with Crippen molar-refractivity contribution in [3.8, 4) is 11.5 Å². The quantitative estimate of drug-likeness (QED) is 0.276. The van der Waals surface area contributed by atoms with Crippen LogP contribution >= 0.6 is 0 Å². The largest absolute Gasteiger partial charge is 0.490 e. The van der Waals surface area contributed by atoms with Crippen molar-refractivity contribution < 1.29 is 24.3 Å². The van der Waals surface area contributed by atoms with Gasteiger partial charge in [0, 0.05) is 12.1 Å². The van der Waals surface area contributed by atoms with Gasteiger partial charge < -0.3 is 14.6 Å². The van der Waals surface area contributed by atoms with E-state index in [1.165, 1.54) is 18.3 Å². The second kappa shape index (κ2) is 11.4. The van der Waals surface area contributed by atoms with Crippen LogP contribution in [0.25, 0.3) is 0 Å². The molecule has 0 unspecified atom stereocenters. The lowest BCUT2D eigenvalue weighted by Crippen LogP contribution is -2.25. The highest BCUT2D eigenvalue weighted by Crippen LogP contribution is 2.29. The maximum Gasteiger partial charge on any atom is 0.273 e. The number of non-ortho nitro benzene ring substituents is 1. The summed E-state index contributed by atoms with van der Waals surface area (Å²) in [7, 11) is 0. The maximum atomic E-state index is 12.1. The normalized spacial score (nSPS) is 11.7. The van der Waals surface area contributed by atoms with E-state index in [4.69, 9.17) is 9.47 Å². The molecule has 170 valence electrons. The third-order valence-corrected chi connectivity index (χ3v) is 4.56. The smallest absolute Gasteiger partial charge is 0.273 e. The van der Waals surface area contributed by atoms with Gasteiger partial charge in [-0.1, -0.05) is 30.3 Å². The van der Waals surface area contributed by atoms with Gasteiger partial charge in [-0.25, -0.2) is 5.43 Å². The van der Waals surface area contributed by atoms with Crippen LogP contribution in [-0.2, 0) is 11.4 Å². The highest BCUT2D eigenvalue weighted by atomic mass is 16.6. The van der Waals surface area contributed by atoms with Crippen LogP contribution in [0.3, 0.4) is 0 Å². The number of rotatable bonds is 10.